The Morgan fingerprint density at radius 2 is 1.67 bits per heavy atom. The molecule has 0 spiro atoms. The molecule has 0 aromatic heterocycles. The van der Waals surface area contributed by atoms with Crippen LogP contribution in [-0.2, 0) is 0 Å². The lowest BCUT2D eigenvalue weighted by molar-refractivity contribution is 0.598. The van der Waals surface area contributed by atoms with Crippen LogP contribution >= 0.6 is 0 Å². The second kappa shape index (κ2) is 5.32. The van der Waals surface area contributed by atoms with E-state index in [0.29, 0.717) is 0 Å². The van der Waals surface area contributed by atoms with Crippen LogP contribution in [0.5, 0.6) is 0 Å². The van der Waals surface area contributed by atoms with Crippen LogP contribution in [-0.4, -0.2) is 0 Å². The molecule has 0 aliphatic carbocycles. The fourth-order valence-corrected chi connectivity index (χ4v) is 2.34. The first kappa shape index (κ1) is 12.3. The Balaban J connectivity index is 2.92. The minimum Gasteiger partial charge on any atom is -0.324 e. The summed E-state index contributed by atoms with van der Waals surface area (Å²) in [6.45, 7) is 8.69. The summed E-state index contributed by atoms with van der Waals surface area (Å²) in [5, 5.41) is 0. The van der Waals surface area contributed by atoms with Gasteiger partial charge in [0.2, 0.25) is 0 Å². The first-order valence-corrected chi connectivity index (χ1v) is 5.89. The zero-order valence-corrected chi connectivity index (χ0v) is 10.4. The van der Waals surface area contributed by atoms with Gasteiger partial charge in [0.1, 0.15) is 0 Å². The van der Waals surface area contributed by atoms with Gasteiger partial charge in [-0.25, -0.2) is 0 Å². The third kappa shape index (κ3) is 3.07. The van der Waals surface area contributed by atoms with Gasteiger partial charge in [-0.15, -0.1) is 0 Å². The fourth-order valence-electron chi connectivity index (χ4n) is 2.34. The molecular weight excluding hydrogens is 182 g/mol. The van der Waals surface area contributed by atoms with E-state index in [1.807, 2.05) is 0 Å². The summed E-state index contributed by atoms with van der Waals surface area (Å²) in [4.78, 5) is 0. The minimum atomic E-state index is 0.213. The van der Waals surface area contributed by atoms with Crippen LogP contribution < -0.4 is 5.73 Å². The van der Waals surface area contributed by atoms with E-state index >= 15 is 0 Å². The maximum Gasteiger partial charge on any atom is 0.0300 e. The van der Waals surface area contributed by atoms with Gasteiger partial charge in [-0.3, -0.25) is 0 Å². The number of unbranched alkanes of at least 4 members (excludes halogenated alkanes) is 1. The molecule has 1 atom stereocenters. The first-order valence-electron chi connectivity index (χ1n) is 5.89. The van der Waals surface area contributed by atoms with E-state index in [2.05, 4.69) is 39.8 Å². The molecule has 0 heterocycles. The molecule has 0 saturated heterocycles. The summed E-state index contributed by atoms with van der Waals surface area (Å²) >= 11 is 0. The summed E-state index contributed by atoms with van der Waals surface area (Å²) in [7, 11) is 0. The van der Waals surface area contributed by atoms with Crippen LogP contribution in [0.15, 0.2) is 12.1 Å². The molecule has 0 aliphatic heterocycles. The molecule has 0 radical (unpaired) electrons. The first-order chi connectivity index (χ1) is 7.06. The van der Waals surface area contributed by atoms with Crippen LogP contribution in [0.1, 0.15) is 54.5 Å². The van der Waals surface area contributed by atoms with Crippen molar-refractivity contribution in [1.29, 1.82) is 0 Å². The molecular formula is C14H23N. The SMILES string of the molecule is CCCC[C@H](N)c1c(C)cc(C)cc1C. The number of aryl methyl sites for hydroxylation is 3. The van der Waals surface area contributed by atoms with Gasteiger partial charge in [0.25, 0.3) is 0 Å². The van der Waals surface area contributed by atoms with Gasteiger partial charge in [-0.05, 0) is 43.9 Å². The molecule has 0 aliphatic rings. The predicted octanol–water partition coefficient (Wildman–Crippen LogP) is 3.80. The van der Waals surface area contributed by atoms with Crippen LogP contribution in [0.2, 0.25) is 0 Å². The molecule has 1 heteroatoms. The highest BCUT2D eigenvalue weighted by atomic mass is 14.6. The second-order valence-corrected chi connectivity index (χ2v) is 4.56. The number of hydrogen-bond donors (Lipinski definition) is 1. The van der Waals surface area contributed by atoms with Gasteiger partial charge in [0, 0.05) is 6.04 Å². The summed E-state index contributed by atoms with van der Waals surface area (Å²) < 4.78 is 0. The highest BCUT2D eigenvalue weighted by Crippen LogP contribution is 2.25. The molecule has 1 rings (SSSR count). The summed E-state index contributed by atoms with van der Waals surface area (Å²) in [5.74, 6) is 0. The van der Waals surface area contributed by atoms with Crippen molar-refractivity contribution >= 4 is 0 Å². The average molecular weight is 205 g/mol. The lowest BCUT2D eigenvalue weighted by Gasteiger charge is -2.18. The average Bonchev–Trinajstić information content (AvgIpc) is 2.12. The molecule has 15 heavy (non-hydrogen) atoms. The number of hydrogen-bond acceptors (Lipinski definition) is 1. The Bertz CT molecular complexity index is 305. The standard InChI is InChI=1S/C14H23N/c1-5-6-7-13(15)14-11(3)8-10(2)9-12(14)4/h8-9,13H,5-7,15H2,1-4H3/t13-/m0/s1. The Hall–Kier alpha value is -0.820. The third-order valence-corrected chi connectivity index (χ3v) is 2.98. The normalized spacial score (nSPS) is 12.9. The van der Waals surface area contributed by atoms with E-state index in [4.69, 9.17) is 5.73 Å². The monoisotopic (exact) mass is 205 g/mol. The van der Waals surface area contributed by atoms with E-state index in [0.717, 1.165) is 6.42 Å². The van der Waals surface area contributed by atoms with E-state index < -0.39 is 0 Å². The Kier molecular flexibility index (Phi) is 4.34. The molecule has 84 valence electrons. The zero-order chi connectivity index (χ0) is 11.4. The lowest BCUT2D eigenvalue weighted by Crippen LogP contribution is -2.13. The van der Waals surface area contributed by atoms with Crippen LogP contribution in [0.25, 0.3) is 0 Å². The summed E-state index contributed by atoms with van der Waals surface area (Å²) in [6.07, 6.45) is 3.53. The molecule has 1 nitrogen and oxygen atoms in total. The van der Waals surface area contributed by atoms with Gasteiger partial charge < -0.3 is 5.73 Å². The maximum absolute atomic E-state index is 6.23. The van der Waals surface area contributed by atoms with Gasteiger partial charge in [-0.2, -0.15) is 0 Å². The van der Waals surface area contributed by atoms with Crippen molar-refractivity contribution in [2.75, 3.05) is 0 Å². The zero-order valence-electron chi connectivity index (χ0n) is 10.4. The van der Waals surface area contributed by atoms with Gasteiger partial charge in [0.15, 0.2) is 0 Å². The van der Waals surface area contributed by atoms with Crippen molar-refractivity contribution in [3.05, 3.63) is 34.4 Å². The Morgan fingerprint density at radius 3 is 2.13 bits per heavy atom. The Morgan fingerprint density at radius 1 is 1.13 bits per heavy atom. The van der Waals surface area contributed by atoms with E-state index in [1.54, 1.807) is 0 Å². The molecule has 1 aromatic carbocycles. The molecule has 1 aromatic rings. The minimum absolute atomic E-state index is 0.213. The van der Waals surface area contributed by atoms with E-state index in [-0.39, 0.29) is 6.04 Å². The van der Waals surface area contributed by atoms with E-state index in [1.165, 1.54) is 35.1 Å². The maximum atomic E-state index is 6.23. The van der Waals surface area contributed by atoms with Crippen LogP contribution in [0, 0.1) is 20.8 Å². The van der Waals surface area contributed by atoms with Gasteiger partial charge in [-0.1, -0.05) is 37.5 Å². The second-order valence-electron chi connectivity index (χ2n) is 4.56. The largest absolute Gasteiger partial charge is 0.324 e. The fraction of sp³-hybridized carbons (Fsp3) is 0.571. The van der Waals surface area contributed by atoms with Crippen molar-refractivity contribution in [1.82, 2.24) is 0 Å². The molecule has 2 N–H and O–H groups in total. The van der Waals surface area contributed by atoms with E-state index in [9.17, 15) is 0 Å². The number of rotatable bonds is 4. The summed E-state index contributed by atoms with van der Waals surface area (Å²) in [5.41, 5.74) is 11.6. The molecule has 0 bridgehead atoms. The van der Waals surface area contributed by atoms with Gasteiger partial charge in [0.05, 0.1) is 0 Å². The highest BCUT2D eigenvalue weighted by molar-refractivity contribution is 5.39. The number of benzene rings is 1. The topological polar surface area (TPSA) is 26.0 Å². The third-order valence-electron chi connectivity index (χ3n) is 2.98. The molecule has 0 saturated carbocycles. The van der Waals surface area contributed by atoms with Crippen LogP contribution in [0.4, 0.5) is 0 Å². The lowest BCUT2D eigenvalue weighted by atomic mass is 9.92. The van der Waals surface area contributed by atoms with Crippen molar-refractivity contribution in [2.24, 2.45) is 5.73 Å². The van der Waals surface area contributed by atoms with Crippen molar-refractivity contribution in [3.63, 3.8) is 0 Å². The quantitative estimate of drug-likeness (QED) is 0.795. The Labute approximate surface area is 93.7 Å². The molecule has 0 unspecified atom stereocenters. The number of nitrogens with two attached hydrogens (primary N) is 1. The van der Waals surface area contributed by atoms with Gasteiger partial charge >= 0.3 is 0 Å². The van der Waals surface area contributed by atoms with Crippen molar-refractivity contribution < 1.29 is 0 Å². The smallest absolute Gasteiger partial charge is 0.0300 e. The van der Waals surface area contributed by atoms with Crippen LogP contribution in [0.3, 0.4) is 0 Å². The highest BCUT2D eigenvalue weighted by Gasteiger charge is 2.11. The predicted molar refractivity (Wildman–Crippen MR) is 67.1 cm³/mol. The molecule has 0 fully saturated rings. The summed E-state index contributed by atoms with van der Waals surface area (Å²) in [6, 6.07) is 4.67. The van der Waals surface area contributed by atoms with Crippen molar-refractivity contribution in [3.8, 4) is 0 Å². The molecule has 0 amide bonds. The van der Waals surface area contributed by atoms with Crippen molar-refractivity contribution in [2.45, 2.75) is 53.0 Å².